The Hall–Kier alpha value is 0.160. The lowest BCUT2D eigenvalue weighted by Gasteiger charge is -2.19. The Kier molecular flexibility index (Phi) is 9.22. The third kappa shape index (κ3) is 11.0. The van der Waals surface area contributed by atoms with Gasteiger partial charge in [0.05, 0.1) is 25.6 Å². The molecule has 0 radical (unpaired) electrons. The van der Waals surface area contributed by atoms with E-state index in [1.807, 2.05) is 20.8 Å². The predicted octanol–water partition coefficient (Wildman–Crippen LogP) is 2.27. The van der Waals surface area contributed by atoms with E-state index in [0.29, 0.717) is 19.8 Å². The first-order chi connectivity index (χ1) is 7.87. The van der Waals surface area contributed by atoms with Crippen molar-refractivity contribution in [2.75, 3.05) is 32.2 Å². The SMILES string of the molecule is CCCOCCOCC(CS(=O)(=O)Cl)C(C)C. The van der Waals surface area contributed by atoms with Gasteiger partial charge in [0.25, 0.3) is 0 Å². The van der Waals surface area contributed by atoms with Gasteiger partial charge in [0.2, 0.25) is 9.05 Å². The van der Waals surface area contributed by atoms with Crippen molar-refractivity contribution in [1.82, 2.24) is 0 Å². The van der Waals surface area contributed by atoms with Crippen molar-refractivity contribution in [2.45, 2.75) is 27.2 Å². The third-order valence-corrected chi connectivity index (χ3v) is 3.61. The summed E-state index contributed by atoms with van der Waals surface area (Å²) in [5.74, 6) is 0.117. The van der Waals surface area contributed by atoms with Crippen LogP contribution in [-0.2, 0) is 18.5 Å². The van der Waals surface area contributed by atoms with Gasteiger partial charge >= 0.3 is 0 Å². The Balaban J connectivity index is 3.79. The minimum absolute atomic E-state index is 0.0396. The number of hydrogen-bond acceptors (Lipinski definition) is 4. The van der Waals surface area contributed by atoms with Crippen LogP contribution >= 0.6 is 10.7 Å². The van der Waals surface area contributed by atoms with Gasteiger partial charge in [0.15, 0.2) is 0 Å². The predicted molar refractivity (Wildman–Crippen MR) is 69.9 cm³/mol. The van der Waals surface area contributed by atoms with E-state index >= 15 is 0 Å². The van der Waals surface area contributed by atoms with Crippen molar-refractivity contribution in [3.8, 4) is 0 Å². The van der Waals surface area contributed by atoms with Crippen LogP contribution in [0, 0.1) is 11.8 Å². The van der Waals surface area contributed by atoms with Crippen LogP contribution in [0.15, 0.2) is 0 Å². The highest BCUT2D eigenvalue weighted by atomic mass is 35.7. The first kappa shape index (κ1) is 17.2. The van der Waals surface area contributed by atoms with Crippen LogP contribution in [0.5, 0.6) is 0 Å². The molecule has 0 N–H and O–H groups in total. The fraction of sp³-hybridized carbons (Fsp3) is 1.00. The van der Waals surface area contributed by atoms with E-state index in [-0.39, 0.29) is 17.6 Å². The molecule has 6 heteroatoms. The van der Waals surface area contributed by atoms with Gasteiger partial charge in [-0.1, -0.05) is 20.8 Å². The van der Waals surface area contributed by atoms with Crippen molar-refractivity contribution < 1.29 is 17.9 Å². The van der Waals surface area contributed by atoms with Crippen molar-refractivity contribution in [3.63, 3.8) is 0 Å². The second-order valence-corrected chi connectivity index (χ2v) is 7.22. The van der Waals surface area contributed by atoms with Gasteiger partial charge in [-0.25, -0.2) is 8.42 Å². The van der Waals surface area contributed by atoms with E-state index in [0.717, 1.165) is 13.0 Å². The van der Waals surface area contributed by atoms with Crippen molar-refractivity contribution in [1.29, 1.82) is 0 Å². The molecule has 1 atom stereocenters. The average molecular weight is 287 g/mol. The van der Waals surface area contributed by atoms with Gasteiger partial charge in [-0.15, -0.1) is 0 Å². The Morgan fingerprint density at radius 2 is 1.71 bits per heavy atom. The molecule has 0 aliphatic carbocycles. The fourth-order valence-electron chi connectivity index (χ4n) is 1.29. The van der Waals surface area contributed by atoms with Crippen LogP contribution in [0.2, 0.25) is 0 Å². The lowest BCUT2D eigenvalue weighted by molar-refractivity contribution is 0.0302. The zero-order valence-electron chi connectivity index (χ0n) is 10.8. The highest BCUT2D eigenvalue weighted by molar-refractivity contribution is 8.13. The molecule has 0 saturated heterocycles. The first-order valence-electron chi connectivity index (χ1n) is 5.94. The van der Waals surface area contributed by atoms with Crippen LogP contribution in [-0.4, -0.2) is 40.6 Å². The Bertz CT molecular complexity index is 277. The second-order valence-electron chi connectivity index (χ2n) is 4.40. The summed E-state index contributed by atoms with van der Waals surface area (Å²) >= 11 is 0. The first-order valence-corrected chi connectivity index (χ1v) is 8.42. The highest BCUT2D eigenvalue weighted by Gasteiger charge is 2.20. The van der Waals surface area contributed by atoms with Gasteiger partial charge in [-0.2, -0.15) is 0 Å². The number of rotatable bonds is 10. The van der Waals surface area contributed by atoms with Crippen LogP contribution in [0.25, 0.3) is 0 Å². The zero-order chi connectivity index (χ0) is 13.3. The lowest BCUT2D eigenvalue weighted by atomic mass is 9.99. The van der Waals surface area contributed by atoms with Gasteiger partial charge in [0, 0.05) is 17.3 Å². The second kappa shape index (κ2) is 9.14. The van der Waals surface area contributed by atoms with Crippen LogP contribution < -0.4 is 0 Å². The molecule has 0 aromatic rings. The molecular formula is C11H23ClO4S. The summed E-state index contributed by atoms with van der Waals surface area (Å²) in [5, 5.41) is 0. The molecule has 104 valence electrons. The molecule has 0 amide bonds. The molecule has 0 rings (SSSR count). The molecule has 0 saturated carbocycles. The van der Waals surface area contributed by atoms with E-state index in [4.69, 9.17) is 20.2 Å². The van der Waals surface area contributed by atoms with Crippen molar-refractivity contribution >= 4 is 19.7 Å². The van der Waals surface area contributed by atoms with E-state index in [2.05, 4.69) is 0 Å². The molecule has 0 heterocycles. The summed E-state index contributed by atoms with van der Waals surface area (Å²) in [4.78, 5) is 0. The summed E-state index contributed by atoms with van der Waals surface area (Å²) in [7, 11) is 1.79. The molecular weight excluding hydrogens is 264 g/mol. The topological polar surface area (TPSA) is 52.6 Å². The highest BCUT2D eigenvalue weighted by Crippen LogP contribution is 2.16. The smallest absolute Gasteiger partial charge is 0.232 e. The maximum Gasteiger partial charge on any atom is 0.232 e. The minimum Gasteiger partial charge on any atom is -0.379 e. The van der Waals surface area contributed by atoms with E-state index in [9.17, 15) is 8.42 Å². The Morgan fingerprint density at radius 3 is 2.18 bits per heavy atom. The molecule has 0 fully saturated rings. The van der Waals surface area contributed by atoms with Gasteiger partial charge in [-0.3, -0.25) is 0 Å². The molecule has 0 spiro atoms. The van der Waals surface area contributed by atoms with Crippen molar-refractivity contribution in [3.05, 3.63) is 0 Å². The molecule has 4 nitrogen and oxygen atoms in total. The van der Waals surface area contributed by atoms with Gasteiger partial charge < -0.3 is 9.47 Å². The average Bonchev–Trinajstić information content (AvgIpc) is 2.19. The Morgan fingerprint density at radius 1 is 1.12 bits per heavy atom. The monoisotopic (exact) mass is 286 g/mol. The minimum atomic E-state index is -3.46. The summed E-state index contributed by atoms with van der Waals surface area (Å²) in [6.07, 6.45) is 0.985. The molecule has 0 aliphatic heterocycles. The summed E-state index contributed by atoms with van der Waals surface area (Å²) in [6, 6.07) is 0. The molecule has 0 aromatic carbocycles. The maximum atomic E-state index is 11.0. The quantitative estimate of drug-likeness (QED) is 0.457. The standard InChI is InChI=1S/C11H23ClO4S/c1-4-5-15-6-7-16-8-11(10(2)3)9-17(12,13)14/h10-11H,4-9H2,1-3H3. The third-order valence-electron chi connectivity index (χ3n) is 2.41. The number of hydrogen-bond donors (Lipinski definition) is 0. The lowest BCUT2D eigenvalue weighted by Crippen LogP contribution is -2.24. The van der Waals surface area contributed by atoms with Crippen LogP contribution in [0.1, 0.15) is 27.2 Å². The molecule has 0 aromatic heterocycles. The van der Waals surface area contributed by atoms with E-state index < -0.39 is 9.05 Å². The van der Waals surface area contributed by atoms with Gasteiger partial charge in [0.1, 0.15) is 0 Å². The maximum absolute atomic E-state index is 11.0. The Labute approximate surface area is 109 Å². The normalized spacial score (nSPS) is 14.2. The number of ether oxygens (including phenoxy) is 2. The zero-order valence-corrected chi connectivity index (χ0v) is 12.4. The largest absolute Gasteiger partial charge is 0.379 e. The van der Waals surface area contributed by atoms with Gasteiger partial charge in [-0.05, 0) is 18.3 Å². The van der Waals surface area contributed by atoms with Crippen molar-refractivity contribution in [2.24, 2.45) is 11.8 Å². The van der Waals surface area contributed by atoms with Crippen LogP contribution in [0.3, 0.4) is 0 Å². The summed E-state index contributed by atoms with van der Waals surface area (Å²) in [6.45, 7) is 8.14. The molecule has 17 heavy (non-hydrogen) atoms. The van der Waals surface area contributed by atoms with E-state index in [1.165, 1.54) is 0 Å². The summed E-state index contributed by atoms with van der Waals surface area (Å²) in [5.41, 5.74) is 0. The molecule has 0 bridgehead atoms. The van der Waals surface area contributed by atoms with E-state index in [1.54, 1.807) is 0 Å². The summed E-state index contributed by atoms with van der Waals surface area (Å²) < 4.78 is 32.7. The molecule has 0 aliphatic rings. The molecule has 1 unspecified atom stereocenters. The fourth-order valence-corrected chi connectivity index (χ4v) is 2.77. The van der Waals surface area contributed by atoms with Crippen LogP contribution in [0.4, 0.5) is 0 Å². The number of halogens is 1.